The van der Waals surface area contributed by atoms with Crippen LogP contribution in [-0.4, -0.2) is 46.0 Å². The number of carbonyl (C=O) groups excluding carboxylic acids is 2. The molecule has 4 aromatic rings. The molecule has 0 radical (unpaired) electrons. The second-order valence-electron chi connectivity index (χ2n) is 9.68. The van der Waals surface area contributed by atoms with Crippen LogP contribution in [0.5, 0.6) is 5.75 Å². The molecule has 0 fully saturated rings. The van der Waals surface area contributed by atoms with Crippen molar-refractivity contribution in [3.05, 3.63) is 95.8 Å². The highest BCUT2D eigenvalue weighted by molar-refractivity contribution is 5.81. The number of aryl methyl sites for hydroxylation is 1. The minimum absolute atomic E-state index is 0.0210. The first-order valence-electron chi connectivity index (χ1n) is 13.1. The molecule has 7 heteroatoms. The Hall–Kier alpha value is -4.13. The van der Waals surface area contributed by atoms with Crippen molar-refractivity contribution in [1.82, 2.24) is 19.8 Å². The average molecular weight is 513 g/mol. The molecule has 198 valence electrons. The van der Waals surface area contributed by atoms with Crippen LogP contribution in [0.4, 0.5) is 0 Å². The summed E-state index contributed by atoms with van der Waals surface area (Å²) in [5.41, 5.74) is 3.87. The van der Waals surface area contributed by atoms with Gasteiger partial charge in [0, 0.05) is 25.6 Å². The lowest BCUT2D eigenvalue weighted by Crippen LogP contribution is -2.38. The van der Waals surface area contributed by atoms with Gasteiger partial charge < -0.3 is 19.5 Å². The molecule has 0 atom stereocenters. The summed E-state index contributed by atoms with van der Waals surface area (Å²) in [6.07, 6.45) is 1.71. The Morgan fingerprint density at radius 2 is 1.66 bits per heavy atom. The Balaban J connectivity index is 1.39. The van der Waals surface area contributed by atoms with Crippen molar-refractivity contribution in [2.75, 3.05) is 13.7 Å². The van der Waals surface area contributed by atoms with Gasteiger partial charge in [0.25, 0.3) is 0 Å². The lowest BCUT2D eigenvalue weighted by atomic mass is 10.1. The van der Waals surface area contributed by atoms with Crippen LogP contribution in [0.15, 0.2) is 78.9 Å². The molecule has 0 saturated heterocycles. The Morgan fingerprint density at radius 3 is 2.37 bits per heavy atom. The largest absolute Gasteiger partial charge is 0.497 e. The number of carbonyl (C=O) groups is 2. The van der Waals surface area contributed by atoms with Crippen LogP contribution in [0.25, 0.3) is 11.0 Å². The van der Waals surface area contributed by atoms with Gasteiger partial charge in [0.15, 0.2) is 0 Å². The molecule has 0 saturated carbocycles. The van der Waals surface area contributed by atoms with Crippen molar-refractivity contribution in [3.8, 4) is 5.75 Å². The van der Waals surface area contributed by atoms with Gasteiger partial charge in [-0.2, -0.15) is 0 Å². The number of ether oxygens (including phenoxy) is 1. The van der Waals surface area contributed by atoms with E-state index in [-0.39, 0.29) is 24.4 Å². The van der Waals surface area contributed by atoms with E-state index in [0.29, 0.717) is 25.9 Å². The highest BCUT2D eigenvalue weighted by Gasteiger charge is 2.20. The molecule has 0 unspecified atom stereocenters. The summed E-state index contributed by atoms with van der Waals surface area (Å²) in [6, 6.07) is 25.6. The summed E-state index contributed by atoms with van der Waals surface area (Å²) in [7, 11) is 1.62. The number of hydrogen-bond donors (Lipinski definition) is 1. The lowest BCUT2D eigenvalue weighted by molar-refractivity contribution is -0.134. The van der Waals surface area contributed by atoms with Crippen LogP contribution in [0.2, 0.25) is 0 Å². The van der Waals surface area contributed by atoms with Crippen molar-refractivity contribution >= 4 is 22.8 Å². The van der Waals surface area contributed by atoms with Gasteiger partial charge in [0.1, 0.15) is 18.1 Å². The van der Waals surface area contributed by atoms with E-state index in [2.05, 4.69) is 5.32 Å². The first kappa shape index (κ1) is 26.9. The molecule has 1 N–H and O–H groups in total. The normalized spacial score (nSPS) is 11.1. The second kappa shape index (κ2) is 12.9. The van der Waals surface area contributed by atoms with E-state index in [4.69, 9.17) is 9.72 Å². The maximum absolute atomic E-state index is 13.5. The van der Waals surface area contributed by atoms with Gasteiger partial charge in [-0.05, 0) is 55.7 Å². The van der Waals surface area contributed by atoms with Crippen LogP contribution in [-0.2, 0) is 35.5 Å². The highest BCUT2D eigenvalue weighted by Crippen LogP contribution is 2.19. The molecule has 0 aliphatic carbocycles. The van der Waals surface area contributed by atoms with E-state index in [1.165, 1.54) is 0 Å². The molecule has 3 aromatic carbocycles. The number of aromatic nitrogens is 2. The maximum Gasteiger partial charge on any atom is 0.243 e. The summed E-state index contributed by atoms with van der Waals surface area (Å²) < 4.78 is 7.20. The van der Waals surface area contributed by atoms with Gasteiger partial charge in [-0.25, -0.2) is 4.98 Å². The molecule has 0 spiro atoms. The minimum atomic E-state index is -0.0210. The van der Waals surface area contributed by atoms with Crippen molar-refractivity contribution in [1.29, 1.82) is 0 Å². The molecule has 2 amide bonds. The summed E-state index contributed by atoms with van der Waals surface area (Å²) in [5, 5.41) is 3.00. The zero-order valence-corrected chi connectivity index (χ0v) is 22.4. The monoisotopic (exact) mass is 512 g/mol. The number of amides is 2. The van der Waals surface area contributed by atoms with Gasteiger partial charge in [-0.1, -0.05) is 54.6 Å². The summed E-state index contributed by atoms with van der Waals surface area (Å²) >= 11 is 0. The first-order chi connectivity index (χ1) is 18.4. The van der Waals surface area contributed by atoms with Gasteiger partial charge in [-0.3, -0.25) is 9.59 Å². The SMILES string of the molecule is COc1ccc(CC(=O)NCCCc2nc3ccccc3n2CC(=O)N(Cc2ccccc2)C(C)C)cc1. The number of hydrogen-bond acceptors (Lipinski definition) is 4. The van der Waals surface area contributed by atoms with Gasteiger partial charge in [-0.15, -0.1) is 0 Å². The molecule has 0 aliphatic heterocycles. The fourth-order valence-electron chi connectivity index (χ4n) is 4.52. The number of fused-ring (bicyclic) bond motifs is 1. The number of nitrogens with zero attached hydrogens (tertiary/aromatic N) is 3. The van der Waals surface area contributed by atoms with Crippen LogP contribution < -0.4 is 10.1 Å². The van der Waals surface area contributed by atoms with E-state index < -0.39 is 0 Å². The topological polar surface area (TPSA) is 76.5 Å². The third-order valence-corrected chi connectivity index (χ3v) is 6.59. The Labute approximate surface area is 224 Å². The minimum Gasteiger partial charge on any atom is -0.497 e. The van der Waals surface area contributed by atoms with Crippen LogP contribution in [0.1, 0.15) is 37.2 Å². The first-order valence-corrected chi connectivity index (χ1v) is 13.1. The molecule has 0 bridgehead atoms. The standard InChI is InChI=1S/C31H36N4O3/c1-23(2)34(21-25-10-5-4-6-11-25)31(37)22-35-28-13-8-7-12-27(28)33-29(35)14-9-19-32-30(36)20-24-15-17-26(38-3)18-16-24/h4-8,10-13,15-18,23H,9,14,19-22H2,1-3H3,(H,32,36). The van der Waals surface area contributed by atoms with Crippen molar-refractivity contribution < 1.29 is 14.3 Å². The molecule has 38 heavy (non-hydrogen) atoms. The quantitative estimate of drug-likeness (QED) is 0.277. The molecule has 4 rings (SSSR count). The lowest BCUT2D eigenvalue weighted by Gasteiger charge is -2.27. The smallest absolute Gasteiger partial charge is 0.243 e. The Bertz CT molecular complexity index is 1350. The molecule has 0 aliphatic rings. The molecule has 1 aromatic heterocycles. The fraction of sp³-hybridized carbons (Fsp3) is 0.323. The van der Waals surface area contributed by atoms with Crippen LogP contribution >= 0.6 is 0 Å². The zero-order chi connectivity index (χ0) is 26.9. The van der Waals surface area contributed by atoms with E-state index >= 15 is 0 Å². The average Bonchev–Trinajstić information content (AvgIpc) is 3.27. The number of methoxy groups -OCH3 is 1. The predicted molar refractivity (Wildman–Crippen MR) is 150 cm³/mol. The number of rotatable bonds is 12. The number of nitrogens with one attached hydrogen (secondary N) is 1. The molecular weight excluding hydrogens is 476 g/mol. The van der Waals surface area contributed by atoms with E-state index in [1.54, 1.807) is 7.11 Å². The predicted octanol–water partition coefficient (Wildman–Crippen LogP) is 4.77. The molecule has 1 heterocycles. The second-order valence-corrected chi connectivity index (χ2v) is 9.68. The van der Waals surface area contributed by atoms with Crippen LogP contribution in [0, 0.1) is 0 Å². The van der Waals surface area contributed by atoms with Gasteiger partial charge in [0.2, 0.25) is 11.8 Å². The van der Waals surface area contributed by atoms with Crippen molar-refractivity contribution in [3.63, 3.8) is 0 Å². The molecule has 7 nitrogen and oxygen atoms in total. The van der Waals surface area contributed by atoms with Crippen molar-refractivity contribution in [2.24, 2.45) is 0 Å². The van der Waals surface area contributed by atoms with E-state index in [1.807, 2.05) is 102 Å². The Morgan fingerprint density at radius 1 is 0.947 bits per heavy atom. The fourth-order valence-corrected chi connectivity index (χ4v) is 4.52. The summed E-state index contributed by atoms with van der Waals surface area (Å²) in [6.45, 7) is 5.42. The maximum atomic E-state index is 13.5. The third kappa shape index (κ3) is 7.00. The number of para-hydroxylation sites is 2. The molecular formula is C31H36N4O3. The van der Waals surface area contributed by atoms with Gasteiger partial charge in [0.05, 0.1) is 24.6 Å². The number of benzene rings is 3. The van der Waals surface area contributed by atoms with Crippen molar-refractivity contribution in [2.45, 2.75) is 52.2 Å². The van der Waals surface area contributed by atoms with E-state index in [0.717, 1.165) is 40.2 Å². The summed E-state index contributed by atoms with van der Waals surface area (Å²) in [5.74, 6) is 1.66. The highest BCUT2D eigenvalue weighted by atomic mass is 16.5. The van der Waals surface area contributed by atoms with Crippen LogP contribution in [0.3, 0.4) is 0 Å². The Kier molecular flexibility index (Phi) is 9.14. The van der Waals surface area contributed by atoms with E-state index in [9.17, 15) is 9.59 Å². The number of imidazole rings is 1. The zero-order valence-electron chi connectivity index (χ0n) is 22.4. The third-order valence-electron chi connectivity index (χ3n) is 6.59. The summed E-state index contributed by atoms with van der Waals surface area (Å²) in [4.78, 5) is 32.6. The van der Waals surface area contributed by atoms with Gasteiger partial charge >= 0.3 is 0 Å².